The monoisotopic (exact) mass is 468 g/mol. The molecule has 0 bridgehead atoms. The Bertz CT molecular complexity index is 1120. The molecule has 182 valence electrons. The van der Waals surface area contributed by atoms with Gasteiger partial charge in [-0.1, -0.05) is 25.5 Å². The molecular weight excluding hydrogens is 436 g/mol. The quantitative estimate of drug-likeness (QED) is 0.315. The third kappa shape index (κ3) is 6.02. The van der Waals surface area contributed by atoms with Crippen LogP contribution in [0.1, 0.15) is 59.1 Å². The second kappa shape index (κ2) is 11.5. The number of anilines is 2. The minimum absolute atomic E-state index is 0.0744. The van der Waals surface area contributed by atoms with Crippen LogP contribution in [-0.4, -0.2) is 55.5 Å². The first-order valence-corrected chi connectivity index (χ1v) is 11.3. The number of nitrogens with one attached hydrogen (secondary N) is 1. The topological polar surface area (TPSA) is 148 Å². The number of carbonyl (C=O) groups is 1. The Hall–Kier alpha value is -3.66. The van der Waals surface area contributed by atoms with Crippen LogP contribution in [0.4, 0.5) is 11.8 Å². The molecular formula is C24H32N6O4. The molecule has 0 saturated heterocycles. The van der Waals surface area contributed by atoms with Crippen molar-refractivity contribution < 1.29 is 19.7 Å². The van der Waals surface area contributed by atoms with Gasteiger partial charge >= 0.3 is 5.97 Å². The molecule has 3 rings (SSSR count). The fourth-order valence-corrected chi connectivity index (χ4v) is 3.98. The number of nitrogen functional groups attached to an aromatic ring is 1. The third-order valence-electron chi connectivity index (χ3n) is 5.69. The molecule has 10 heteroatoms. The first-order chi connectivity index (χ1) is 16.4. The predicted molar refractivity (Wildman–Crippen MR) is 129 cm³/mol. The molecule has 0 fully saturated rings. The zero-order valence-corrected chi connectivity index (χ0v) is 19.8. The summed E-state index contributed by atoms with van der Waals surface area (Å²) in [6.45, 7) is 4.44. The van der Waals surface area contributed by atoms with Crippen LogP contribution in [0.3, 0.4) is 0 Å². The smallest absolute Gasteiger partial charge is 0.354 e. The first-order valence-electron chi connectivity index (χ1n) is 11.3. The van der Waals surface area contributed by atoms with Gasteiger partial charge in [0.1, 0.15) is 17.3 Å². The Morgan fingerprint density at radius 3 is 2.76 bits per heavy atom. The van der Waals surface area contributed by atoms with E-state index in [2.05, 4.69) is 27.2 Å². The molecule has 0 aliphatic rings. The van der Waals surface area contributed by atoms with E-state index in [0.717, 1.165) is 35.2 Å². The predicted octanol–water partition coefficient (Wildman–Crippen LogP) is 2.87. The van der Waals surface area contributed by atoms with Crippen LogP contribution in [0.2, 0.25) is 0 Å². The second-order valence-electron chi connectivity index (χ2n) is 8.17. The van der Waals surface area contributed by atoms with E-state index in [4.69, 9.17) is 10.5 Å². The highest BCUT2D eigenvalue weighted by Crippen LogP contribution is 2.28. The number of aromatic nitrogens is 4. The maximum absolute atomic E-state index is 11.4. The molecule has 0 amide bonds. The standard InChI is InChI=1S/C24H32N6O4/c1-4-5-18(8-9-31)28-22-19(15(2)27-24(25)29-22)11-17-7-6-16(10-21(17)34-3)13-30-14-26-12-20(30)23(32)33/h6-7,10,12,14,18,31H,4-5,8-9,11,13H2,1-3H3,(H,32,33)(H3,25,27,28,29). The number of aliphatic hydroxyl groups is 1. The lowest BCUT2D eigenvalue weighted by Crippen LogP contribution is -2.23. The minimum atomic E-state index is -1.03. The molecule has 0 aliphatic carbocycles. The van der Waals surface area contributed by atoms with Crippen LogP contribution in [-0.2, 0) is 13.0 Å². The Morgan fingerprint density at radius 2 is 2.09 bits per heavy atom. The van der Waals surface area contributed by atoms with E-state index in [1.807, 2.05) is 25.1 Å². The van der Waals surface area contributed by atoms with Gasteiger partial charge in [0.05, 0.1) is 19.6 Å². The molecule has 2 aromatic heterocycles. The van der Waals surface area contributed by atoms with Crippen LogP contribution < -0.4 is 15.8 Å². The molecule has 1 aromatic carbocycles. The van der Waals surface area contributed by atoms with Gasteiger partial charge in [0.15, 0.2) is 0 Å². The minimum Gasteiger partial charge on any atom is -0.496 e. The van der Waals surface area contributed by atoms with Crippen LogP contribution >= 0.6 is 0 Å². The molecule has 0 aliphatic heterocycles. The summed E-state index contributed by atoms with van der Waals surface area (Å²) in [6, 6.07) is 5.87. The van der Waals surface area contributed by atoms with Crippen molar-refractivity contribution >= 4 is 17.7 Å². The average molecular weight is 469 g/mol. The molecule has 3 aromatic rings. The van der Waals surface area contributed by atoms with Gasteiger partial charge in [-0.25, -0.2) is 14.8 Å². The number of carboxylic acid groups (broad SMARTS) is 1. The van der Waals surface area contributed by atoms with Gasteiger partial charge in [-0.3, -0.25) is 0 Å². The van der Waals surface area contributed by atoms with Crippen LogP contribution in [0.15, 0.2) is 30.7 Å². The molecule has 10 nitrogen and oxygen atoms in total. The zero-order chi connectivity index (χ0) is 24.7. The van der Waals surface area contributed by atoms with Gasteiger partial charge in [0.2, 0.25) is 5.95 Å². The molecule has 0 radical (unpaired) electrons. The van der Waals surface area contributed by atoms with Gasteiger partial charge < -0.3 is 30.6 Å². The number of aliphatic hydroxyl groups excluding tert-OH is 1. The summed E-state index contributed by atoms with van der Waals surface area (Å²) in [6.07, 6.45) is 5.82. The van der Waals surface area contributed by atoms with Crippen molar-refractivity contribution in [3.63, 3.8) is 0 Å². The summed E-state index contributed by atoms with van der Waals surface area (Å²) in [5.41, 5.74) is 9.55. The van der Waals surface area contributed by atoms with E-state index in [0.29, 0.717) is 31.0 Å². The van der Waals surface area contributed by atoms with Crippen molar-refractivity contribution in [3.8, 4) is 5.75 Å². The van der Waals surface area contributed by atoms with E-state index >= 15 is 0 Å². The molecule has 0 saturated carbocycles. The number of ether oxygens (including phenoxy) is 1. The SMILES string of the molecule is CCCC(CCO)Nc1nc(N)nc(C)c1Cc1ccc(Cn2cncc2C(=O)O)cc1OC. The third-order valence-corrected chi connectivity index (χ3v) is 5.69. The van der Waals surface area contributed by atoms with Crippen molar-refractivity contribution in [1.29, 1.82) is 0 Å². The normalized spacial score (nSPS) is 11.9. The Morgan fingerprint density at radius 1 is 1.29 bits per heavy atom. The number of rotatable bonds is 12. The lowest BCUT2D eigenvalue weighted by atomic mass is 10.0. The van der Waals surface area contributed by atoms with Gasteiger partial charge in [0.25, 0.3) is 0 Å². The van der Waals surface area contributed by atoms with Crippen LogP contribution in [0, 0.1) is 6.92 Å². The van der Waals surface area contributed by atoms with Crippen molar-refractivity contribution in [1.82, 2.24) is 19.5 Å². The van der Waals surface area contributed by atoms with Gasteiger partial charge in [-0.05, 0) is 37.0 Å². The maximum atomic E-state index is 11.4. The van der Waals surface area contributed by atoms with Gasteiger partial charge in [-0.15, -0.1) is 0 Å². The molecule has 34 heavy (non-hydrogen) atoms. The number of nitrogens with zero attached hydrogens (tertiary/aromatic N) is 4. The number of aromatic carboxylic acids is 1. The fourth-order valence-electron chi connectivity index (χ4n) is 3.98. The Kier molecular flexibility index (Phi) is 8.42. The van der Waals surface area contributed by atoms with E-state index in [1.54, 1.807) is 11.7 Å². The zero-order valence-electron chi connectivity index (χ0n) is 19.8. The van der Waals surface area contributed by atoms with Crippen molar-refractivity contribution in [2.75, 3.05) is 24.8 Å². The molecule has 1 unspecified atom stereocenters. The second-order valence-corrected chi connectivity index (χ2v) is 8.17. The molecule has 2 heterocycles. The van der Waals surface area contributed by atoms with Gasteiger partial charge in [0, 0.05) is 36.9 Å². The highest BCUT2D eigenvalue weighted by Gasteiger charge is 2.18. The molecule has 1 atom stereocenters. The summed E-state index contributed by atoms with van der Waals surface area (Å²) in [4.78, 5) is 24.1. The average Bonchev–Trinajstić information content (AvgIpc) is 3.25. The van der Waals surface area contributed by atoms with E-state index in [-0.39, 0.29) is 24.3 Å². The lowest BCUT2D eigenvalue weighted by Gasteiger charge is -2.21. The molecule has 5 N–H and O–H groups in total. The summed E-state index contributed by atoms with van der Waals surface area (Å²) in [5, 5.41) is 22.2. The number of carboxylic acids is 1. The van der Waals surface area contributed by atoms with Crippen LogP contribution in [0.25, 0.3) is 0 Å². The number of hydrogen-bond donors (Lipinski definition) is 4. The summed E-state index contributed by atoms with van der Waals surface area (Å²) < 4.78 is 7.23. The van der Waals surface area contributed by atoms with E-state index in [9.17, 15) is 15.0 Å². The van der Waals surface area contributed by atoms with Crippen molar-refractivity contribution in [2.45, 2.75) is 52.1 Å². The Balaban J connectivity index is 1.89. The lowest BCUT2D eigenvalue weighted by molar-refractivity contribution is 0.0685. The van der Waals surface area contributed by atoms with Gasteiger partial charge in [-0.2, -0.15) is 4.98 Å². The molecule has 0 spiro atoms. The van der Waals surface area contributed by atoms with Crippen molar-refractivity contribution in [3.05, 3.63) is 58.8 Å². The maximum Gasteiger partial charge on any atom is 0.354 e. The summed E-state index contributed by atoms with van der Waals surface area (Å²) in [7, 11) is 1.60. The first kappa shape index (κ1) is 25.0. The number of benzene rings is 1. The highest BCUT2D eigenvalue weighted by molar-refractivity contribution is 5.85. The highest BCUT2D eigenvalue weighted by atomic mass is 16.5. The number of aryl methyl sites for hydroxylation is 1. The van der Waals surface area contributed by atoms with Crippen LogP contribution in [0.5, 0.6) is 5.75 Å². The number of imidazole rings is 1. The summed E-state index contributed by atoms with van der Waals surface area (Å²) >= 11 is 0. The van der Waals surface area contributed by atoms with E-state index in [1.165, 1.54) is 12.5 Å². The van der Waals surface area contributed by atoms with E-state index < -0.39 is 5.97 Å². The van der Waals surface area contributed by atoms with Crippen molar-refractivity contribution in [2.24, 2.45) is 0 Å². The fraction of sp³-hybridized carbons (Fsp3) is 0.417. The Labute approximate surface area is 198 Å². The number of methoxy groups -OCH3 is 1. The largest absolute Gasteiger partial charge is 0.496 e. The number of hydrogen-bond acceptors (Lipinski definition) is 8. The number of nitrogens with two attached hydrogens (primary N) is 1. The summed E-state index contributed by atoms with van der Waals surface area (Å²) in [5.74, 6) is 0.507.